The second kappa shape index (κ2) is 12.1. The summed E-state index contributed by atoms with van der Waals surface area (Å²) in [6.45, 7) is 7.59. The fourth-order valence-electron chi connectivity index (χ4n) is 3.20. The third kappa shape index (κ3) is 6.38. The SMILES string of the molecule is CCNC(=NCc1cc(C(CC)CC)no1)NCC(O)c1cc(OC)ccc1OC. The molecule has 0 aliphatic heterocycles. The maximum atomic E-state index is 10.7. The molecule has 0 bridgehead atoms. The predicted molar refractivity (Wildman–Crippen MR) is 117 cm³/mol. The van der Waals surface area contributed by atoms with Crippen molar-refractivity contribution in [1.82, 2.24) is 15.8 Å². The van der Waals surface area contributed by atoms with Crippen LogP contribution in [-0.2, 0) is 6.54 Å². The van der Waals surface area contributed by atoms with Gasteiger partial charge in [0.2, 0.25) is 0 Å². The molecule has 1 aromatic carbocycles. The number of aliphatic hydroxyl groups excluding tert-OH is 1. The predicted octanol–water partition coefficient (Wildman–Crippen LogP) is 3.38. The number of rotatable bonds is 11. The quantitative estimate of drug-likeness (QED) is 0.380. The smallest absolute Gasteiger partial charge is 0.191 e. The van der Waals surface area contributed by atoms with E-state index in [-0.39, 0.29) is 6.54 Å². The number of ether oxygens (including phenoxy) is 2. The molecule has 0 saturated heterocycles. The fraction of sp³-hybridized carbons (Fsp3) is 0.545. The van der Waals surface area contributed by atoms with Gasteiger partial charge in [0, 0.05) is 30.6 Å². The molecule has 0 aliphatic carbocycles. The average Bonchev–Trinajstić information content (AvgIpc) is 3.24. The molecule has 1 aromatic heterocycles. The zero-order chi connectivity index (χ0) is 21.9. The van der Waals surface area contributed by atoms with Crippen LogP contribution >= 0.6 is 0 Å². The first kappa shape index (κ1) is 23.5. The summed E-state index contributed by atoms with van der Waals surface area (Å²) in [5.74, 6) is 2.96. The highest BCUT2D eigenvalue weighted by molar-refractivity contribution is 5.79. The lowest BCUT2D eigenvalue weighted by Crippen LogP contribution is -2.39. The van der Waals surface area contributed by atoms with Crippen LogP contribution in [0.15, 0.2) is 33.8 Å². The Balaban J connectivity index is 2.03. The number of guanidine groups is 1. The Morgan fingerprint density at radius 2 is 1.90 bits per heavy atom. The van der Waals surface area contributed by atoms with Gasteiger partial charge in [-0.1, -0.05) is 19.0 Å². The topological polar surface area (TPSA) is 101 Å². The van der Waals surface area contributed by atoms with Gasteiger partial charge in [0.1, 0.15) is 18.0 Å². The molecule has 1 heterocycles. The van der Waals surface area contributed by atoms with Crippen LogP contribution in [-0.4, -0.2) is 43.5 Å². The number of aliphatic hydroxyl groups is 1. The van der Waals surface area contributed by atoms with Crippen LogP contribution in [0.3, 0.4) is 0 Å². The van der Waals surface area contributed by atoms with Gasteiger partial charge in [-0.05, 0) is 38.0 Å². The number of aliphatic imine (C=N–C) groups is 1. The Hall–Kier alpha value is -2.74. The molecule has 0 radical (unpaired) electrons. The third-order valence-corrected chi connectivity index (χ3v) is 4.98. The monoisotopic (exact) mass is 418 g/mol. The molecule has 166 valence electrons. The van der Waals surface area contributed by atoms with E-state index in [1.165, 1.54) is 0 Å². The summed E-state index contributed by atoms with van der Waals surface area (Å²) in [7, 11) is 3.16. The Kier molecular flexibility index (Phi) is 9.47. The van der Waals surface area contributed by atoms with Crippen LogP contribution in [0.2, 0.25) is 0 Å². The molecule has 3 N–H and O–H groups in total. The molecule has 0 fully saturated rings. The zero-order valence-corrected chi connectivity index (χ0v) is 18.6. The van der Waals surface area contributed by atoms with Crippen LogP contribution in [0, 0.1) is 0 Å². The molecule has 8 heteroatoms. The van der Waals surface area contributed by atoms with Gasteiger partial charge < -0.3 is 29.7 Å². The molecule has 1 atom stereocenters. The molecule has 2 rings (SSSR count). The number of methoxy groups -OCH3 is 2. The maximum absolute atomic E-state index is 10.7. The van der Waals surface area contributed by atoms with E-state index >= 15 is 0 Å². The maximum Gasteiger partial charge on any atom is 0.191 e. The summed E-state index contributed by atoms with van der Waals surface area (Å²) in [5, 5.41) is 21.2. The van der Waals surface area contributed by atoms with Gasteiger partial charge in [-0.2, -0.15) is 0 Å². The number of aromatic nitrogens is 1. The normalized spacial score (nSPS) is 12.7. The standard InChI is InChI=1S/C22H34N4O4/c1-6-15(7-2)19-12-17(30-26-19)13-24-22(23-8-3)25-14-20(27)18-11-16(28-4)9-10-21(18)29-5/h9-12,15,20,27H,6-8,13-14H2,1-5H3,(H2,23,24,25). The first-order chi connectivity index (χ1) is 14.6. The molecule has 30 heavy (non-hydrogen) atoms. The van der Waals surface area contributed by atoms with E-state index < -0.39 is 6.10 Å². The minimum absolute atomic E-state index is 0.255. The van der Waals surface area contributed by atoms with Crippen LogP contribution in [0.4, 0.5) is 0 Å². The van der Waals surface area contributed by atoms with Gasteiger partial charge in [0.15, 0.2) is 11.7 Å². The number of benzene rings is 1. The minimum atomic E-state index is -0.800. The molecule has 0 amide bonds. The van der Waals surface area contributed by atoms with Crippen molar-refractivity contribution in [2.45, 2.75) is 52.2 Å². The molecule has 8 nitrogen and oxygen atoms in total. The van der Waals surface area contributed by atoms with Gasteiger partial charge in [-0.25, -0.2) is 4.99 Å². The molecular formula is C22H34N4O4. The first-order valence-corrected chi connectivity index (χ1v) is 10.4. The average molecular weight is 419 g/mol. The van der Waals surface area contributed by atoms with E-state index in [2.05, 4.69) is 34.6 Å². The van der Waals surface area contributed by atoms with Crippen molar-refractivity contribution in [2.24, 2.45) is 4.99 Å². The van der Waals surface area contributed by atoms with Crippen molar-refractivity contribution < 1.29 is 19.1 Å². The van der Waals surface area contributed by atoms with E-state index in [1.54, 1.807) is 32.4 Å². The van der Waals surface area contributed by atoms with Gasteiger partial charge in [0.05, 0.1) is 26.0 Å². The van der Waals surface area contributed by atoms with E-state index in [1.807, 2.05) is 13.0 Å². The summed E-state index contributed by atoms with van der Waals surface area (Å²) < 4.78 is 16.0. The molecule has 2 aromatic rings. The van der Waals surface area contributed by atoms with Crippen molar-refractivity contribution in [2.75, 3.05) is 27.3 Å². The Morgan fingerprint density at radius 1 is 1.13 bits per heavy atom. The van der Waals surface area contributed by atoms with Gasteiger partial charge >= 0.3 is 0 Å². The summed E-state index contributed by atoms with van der Waals surface area (Å²) in [5.41, 5.74) is 1.62. The lowest BCUT2D eigenvalue weighted by Gasteiger charge is -2.18. The van der Waals surface area contributed by atoms with Gasteiger partial charge in [-0.3, -0.25) is 0 Å². The lowest BCUT2D eigenvalue weighted by atomic mass is 9.99. The highest BCUT2D eigenvalue weighted by atomic mass is 16.5. The Morgan fingerprint density at radius 3 is 2.53 bits per heavy atom. The summed E-state index contributed by atoms with van der Waals surface area (Å²) in [4.78, 5) is 4.54. The van der Waals surface area contributed by atoms with Crippen molar-refractivity contribution in [1.29, 1.82) is 0 Å². The molecule has 1 unspecified atom stereocenters. The zero-order valence-electron chi connectivity index (χ0n) is 18.6. The van der Waals surface area contributed by atoms with E-state index in [0.717, 1.165) is 18.5 Å². The van der Waals surface area contributed by atoms with Gasteiger partial charge in [-0.15, -0.1) is 0 Å². The second-order valence-corrected chi connectivity index (χ2v) is 6.93. The minimum Gasteiger partial charge on any atom is -0.497 e. The Bertz CT molecular complexity index is 802. The fourth-order valence-corrected chi connectivity index (χ4v) is 3.20. The number of hydrogen-bond acceptors (Lipinski definition) is 6. The number of nitrogens with zero attached hydrogens (tertiary/aromatic N) is 2. The lowest BCUT2D eigenvalue weighted by molar-refractivity contribution is 0.176. The Labute approximate surface area is 178 Å². The highest BCUT2D eigenvalue weighted by Crippen LogP contribution is 2.29. The summed E-state index contributed by atoms with van der Waals surface area (Å²) in [6.07, 6.45) is 1.26. The summed E-state index contributed by atoms with van der Waals surface area (Å²) >= 11 is 0. The van der Waals surface area contributed by atoms with E-state index in [0.29, 0.717) is 47.8 Å². The molecular weight excluding hydrogens is 384 g/mol. The van der Waals surface area contributed by atoms with Crippen LogP contribution in [0.25, 0.3) is 0 Å². The molecule has 0 aliphatic rings. The first-order valence-electron chi connectivity index (χ1n) is 10.4. The van der Waals surface area contributed by atoms with Crippen molar-refractivity contribution >= 4 is 5.96 Å². The van der Waals surface area contributed by atoms with E-state index in [4.69, 9.17) is 14.0 Å². The van der Waals surface area contributed by atoms with Crippen molar-refractivity contribution in [3.05, 3.63) is 41.3 Å². The molecule has 0 spiro atoms. The van der Waals surface area contributed by atoms with Crippen molar-refractivity contribution in [3.63, 3.8) is 0 Å². The largest absolute Gasteiger partial charge is 0.497 e. The summed E-state index contributed by atoms with van der Waals surface area (Å²) in [6, 6.07) is 7.31. The number of nitrogens with one attached hydrogen (secondary N) is 2. The third-order valence-electron chi connectivity index (χ3n) is 4.98. The van der Waals surface area contributed by atoms with Crippen LogP contribution in [0.1, 0.15) is 62.7 Å². The van der Waals surface area contributed by atoms with Crippen LogP contribution in [0.5, 0.6) is 11.5 Å². The van der Waals surface area contributed by atoms with Crippen molar-refractivity contribution in [3.8, 4) is 11.5 Å². The highest BCUT2D eigenvalue weighted by Gasteiger charge is 2.16. The number of hydrogen-bond donors (Lipinski definition) is 3. The van der Waals surface area contributed by atoms with E-state index in [9.17, 15) is 5.11 Å². The molecule has 0 saturated carbocycles. The second-order valence-electron chi connectivity index (χ2n) is 6.93. The van der Waals surface area contributed by atoms with Gasteiger partial charge in [0.25, 0.3) is 0 Å². The van der Waals surface area contributed by atoms with Crippen LogP contribution < -0.4 is 20.1 Å².